The van der Waals surface area contributed by atoms with E-state index in [0.29, 0.717) is 16.7 Å². The summed E-state index contributed by atoms with van der Waals surface area (Å²) >= 11 is 0. The summed E-state index contributed by atoms with van der Waals surface area (Å²) in [4.78, 5) is 32.3. The smallest absolute Gasteiger partial charge is 0.359 e. The number of aromatic nitrogens is 2. The fourth-order valence-corrected chi connectivity index (χ4v) is 2.28. The van der Waals surface area contributed by atoms with Gasteiger partial charge in [0.15, 0.2) is 12.3 Å². The molecule has 0 saturated carbocycles. The maximum absolute atomic E-state index is 12.0. The summed E-state index contributed by atoms with van der Waals surface area (Å²) < 4.78 is 5.01. The maximum Gasteiger partial charge on any atom is 0.359 e. The Morgan fingerprint density at radius 3 is 2.56 bits per heavy atom. The number of esters is 1. The van der Waals surface area contributed by atoms with Gasteiger partial charge in [-0.1, -0.05) is 18.2 Å². The SMILES string of the molecule is Cc1ccc(NC(=O)COC(=O)c2cnc3ccccc3n2)cc1C. The summed E-state index contributed by atoms with van der Waals surface area (Å²) in [6.45, 7) is 3.57. The minimum atomic E-state index is -0.687. The first-order valence-corrected chi connectivity index (χ1v) is 7.79. The number of rotatable bonds is 4. The molecule has 3 rings (SSSR count). The summed E-state index contributed by atoms with van der Waals surface area (Å²) in [5.74, 6) is -1.10. The number of para-hydroxylation sites is 2. The molecule has 6 heteroatoms. The van der Waals surface area contributed by atoms with Gasteiger partial charge in [-0.15, -0.1) is 0 Å². The molecule has 0 saturated heterocycles. The Kier molecular flexibility index (Phi) is 4.70. The number of fused-ring (bicyclic) bond motifs is 1. The minimum absolute atomic E-state index is 0.0673. The van der Waals surface area contributed by atoms with E-state index in [4.69, 9.17) is 4.74 Å². The van der Waals surface area contributed by atoms with Gasteiger partial charge in [0.2, 0.25) is 0 Å². The van der Waals surface area contributed by atoms with Gasteiger partial charge in [0.1, 0.15) is 0 Å². The largest absolute Gasteiger partial charge is 0.451 e. The van der Waals surface area contributed by atoms with E-state index in [9.17, 15) is 9.59 Å². The predicted molar refractivity (Wildman–Crippen MR) is 94.4 cm³/mol. The molecule has 126 valence electrons. The molecular weight excluding hydrogens is 318 g/mol. The molecule has 0 atom stereocenters. The standard InChI is InChI=1S/C19H17N3O3/c1-12-7-8-14(9-13(12)2)21-18(23)11-25-19(24)17-10-20-15-5-3-4-6-16(15)22-17/h3-10H,11H2,1-2H3,(H,21,23). The highest BCUT2D eigenvalue weighted by molar-refractivity contribution is 5.95. The Hall–Kier alpha value is -3.28. The van der Waals surface area contributed by atoms with Gasteiger partial charge in [-0.2, -0.15) is 0 Å². The summed E-state index contributed by atoms with van der Waals surface area (Å²) in [5.41, 5.74) is 4.22. The number of hydrogen-bond donors (Lipinski definition) is 1. The quantitative estimate of drug-likeness (QED) is 0.741. The normalized spacial score (nSPS) is 10.5. The average molecular weight is 335 g/mol. The number of anilines is 1. The molecule has 0 spiro atoms. The number of hydrogen-bond acceptors (Lipinski definition) is 5. The van der Waals surface area contributed by atoms with Gasteiger partial charge < -0.3 is 10.1 Å². The van der Waals surface area contributed by atoms with Crippen molar-refractivity contribution in [1.29, 1.82) is 0 Å². The monoisotopic (exact) mass is 335 g/mol. The highest BCUT2D eigenvalue weighted by atomic mass is 16.5. The van der Waals surface area contributed by atoms with E-state index in [1.165, 1.54) is 6.20 Å². The lowest BCUT2D eigenvalue weighted by atomic mass is 10.1. The lowest BCUT2D eigenvalue weighted by Gasteiger charge is -2.08. The lowest BCUT2D eigenvalue weighted by Crippen LogP contribution is -2.21. The van der Waals surface area contributed by atoms with Crippen molar-refractivity contribution in [3.8, 4) is 0 Å². The van der Waals surface area contributed by atoms with Crippen LogP contribution in [0.5, 0.6) is 0 Å². The van der Waals surface area contributed by atoms with E-state index < -0.39 is 11.9 Å². The first-order valence-electron chi connectivity index (χ1n) is 7.79. The summed E-state index contributed by atoms with van der Waals surface area (Å²) in [7, 11) is 0. The Morgan fingerprint density at radius 2 is 1.80 bits per heavy atom. The Balaban J connectivity index is 1.60. The van der Waals surface area contributed by atoms with Crippen molar-refractivity contribution < 1.29 is 14.3 Å². The van der Waals surface area contributed by atoms with Gasteiger partial charge in [0, 0.05) is 5.69 Å². The number of carbonyl (C=O) groups excluding carboxylic acids is 2. The van der Waals surface area contributed by atoms with Crippen molar-refractivity contribution >= 4 is 28.6 Å². The van der Waals surface area contributed by atoms with Crippen LogP contribution in [-0.4, -0.2) is 28.5 Å². The van der Waals surface area contributed by atoms with Crippen molar-refractivity contribution in [1.82, 2.24) is 9.97 Å². The van der Waals surface area contributed by atoms with Gasteiger partial charge in [-0.05, 0) is 49.2 Å². The molecule has 3 aromatic rings. The summed E-state index contributed by atoms with van der Waals surface area (Å²) in [6, 6.07) is 12.8. The van der Waals surface area contributed by atoms with Crippen molar-refractivity contribution in [3.05, 3.63) is 65.5 Å². The molecular formula is C19H17N3O3. The van der Waals surface area contributed by atoms with Crippen LogP contribution in [0.2, 0.25) is 0 Å². The van der Waals surface area contributed by atoms with E-state index >= 15 is 0 Å². The third-order valence-corrected chi connectivity index (χ3v) is 3.78. The van der Waals surface area contributed by atoms with E-state index in [1.54, 1.807) is 18.2 Å². The molecule has 1 aromatic heterocycles. The molecule has 0 fully saturated rings. The van der Waals surface area contributed by atoms with Crippen LogP contribution in [0.4, 0.5) is 5.69 Å². The van der Waals surface area contributed by atoms with E-state index in [-0.39, 0.29) is 12.3 Å². The number of amides is 1. The fraction of sp³-hybridized carbons (Fsp3) is 0.158. The van der Waals surface area contributed by atoms with Crippen LogP contribution in [0.15, 0.2) is 48.7 Å². The van der Waals surface area contributed by atoms with Crippen LogP contribution < -0.4 is 5.32 Å². The molecule has 0 aliphatic heterocycles. The highest BCUT2D eigenvalue weighted by Gasteiger charge is 2.13. The van der Waals surface area contributed by atoms with Crippen molar-refractivity contribution in [2.24, 2.45) is 0 Å². The van der Waals surface area contributed by atoms with Crippen LogP contribution >= 0.6 is 0 Å². The van der Waals surface area contributed by atoms with Gasteiger partial charge in [-0.25, -0.2) is 9.78 Å². The molecule has 0 radical (unpaired) electrons. The molecule has 0 aliphatic rings. The van der Waals surface area contributed by atoms with Crippen LogP contribution in [0.1, 0.15) is 21.6 Å². The molecule has 2 aromatic carbocycles. The Morgan fingerprint density at radius 1 is 1.04 bits per heavy atom. The van der Waals surface area contributed by atoms with Gasteiger partial charge in [0.25, 0.3) is 5.91 Å². The molecule has 6 nitrogen and oxygen atoms in total. The third-order valence-electron chi connectivity index (χ3n) is 3.78. The number of carbonyl (C=O) groups is 2. The van der Waals surface area contributed by atoms with E-state index in [2.05, 4.69) is 15.3 Å². The topological polar surface area (TPSA) is 81.2 Å². The second kappa shape index (κ2) is 7.09. The van der Waals surface area contributed by atoms with Crippen LogP contribution in [0, 0.1) is 13.8 Å². The molecule has 0 aliphatic carbocycles. The number of aryl methyl sites for hydroxylation is 2. The van der Waals surface area contributed by atoms with Gasteiger partial charge >= 0.3 is 5.97 Å². The second-order valence-electron chi connectivity index (χ2n) is 5.67. The molecule has 25 heavy (non-hydrogen) atoms. The highest BCUT2D eigenvalue weighted by Crippen LogP contribution is 2.14. The zero-order valence-electron chi connectivity index (χ0n) is 13.9. The Bertz CT molecular complexity index is 954. The minimum Gasteiger partial charge on any atom is -0.451 e. The number of nitrogens with one attached hydrogen (secondary N) is 1. The molecule has 1 heterocycles. The van der Waals surface area contributed by atoms with Crippen molar-refractivity contribution in [3.63, 3.8) is 0 Å². The number of ether oxygens (including phenoxy) is 1. The molecule has 1 N–H and O–H groups in total. The first kappa shape index (κ1) is 16.6. The lowest BCUT2D eigenvalue weighted by molar-refractivity contribution is -0.119. The number of benzene rings is 2. The Labute approximate surface area is 144 Å². The van der Waals surface area contributed by atoms with Crippen LogP contribution in [-0.2, 0) is 9.53 Å². The number of nitrogens with zero attached hydrogens (tertiary/aromatic N) is 2. The maximum atomic E-state index is 12.0. The molecule has 1 amide bonds. The zero-order valence-corrected chi connectivity index (χ0v) is 13.9. The van der Waals surface area contributed by atoms with Gasteiger partial charge in [0.05, 0.1) is 17.2 Å². The van der Waals surface area contributed by atoms with E-state index in [0.717, 1.165) is 11.1 Å². The average Bonchev–Trinajstić information content (AvgIpc) is 2.62. The van der Waals surface area contributed by atoms with Crippen LogP contribution in [0.25, 0.3) is 11.0 Å². The first-order chi connectivity index (χ1) is 12.0. The van der Waals surface area contributed by atoms with Gasteiger partial charge in [-0.3, -0.25) is 9.78 Å². The second-order valence-corrected chi connectivity index (χ2v) is 5.67. The summed E-state index contributed by atoms with van der Waals surface area (Å²) in [5, 5.41) is 2.69. The van der Waals surface area contributed by atoms with E-state index in [1.807, 2.05) is 38.1 Å². The van der Waals surface area contributed by atoms with Crippen molar-refractivity contribution in [2.75, 3.05) is 11.9 Å². The van der Waals surface area contributed by atoms with Crippen molar-refractivity contribution in [2.45, 2.75) is 13.8 Å². The summed E-state index contributed by atoms with van der Waals surface area (Å²) in [6.07, 6.45) is 1.34. The molecule has 0 bridgehead atoms. The third kappa shape index (κ3) is 3.98. The predicted octanol–water partition coefficient (Wildman–Crippen LogP) is 3.04. The van der Waals surface area contributed by atoms with Crippen LogP contribution in [0.3, 0.4) is 0 Å². The molecule has 0 unspecified atom stereocenters. The fourth-order valence-electron chi connectivity index (χ4n) is 2.28. The zero-order chi connectivity index (χ0) is 17.8.